The Balaban J connectivity index is 1.89. The molecule has 1 N–H and O–H groups in total. The molecule has 0 spiro atoms. The summed E-state index contributed by atoms with van der Waals surface area (Å²) in [5.41, 5.74) is 1.60. The second kappa shape index (κ2) is 5.44. The van der Waals surface area contributed by atoms with Gasteiger partial charge in [0, 0.05) is 29.8 Å². The van der Waals surface area contributed by atoms with E-state index in [4.69, 9.17) is 0 Å². The maximum absolute atomic E-state index is 12.8. The molecule has 0 saturated heterocycles. The van der Waals surface area contributed by atoms with Crippen LogP contribution in [0.25, 0.3) is 10.9 Å². The summed E-state index contributed by atoms with van der Waals surface area (Å²) in [7, 11) is 1.82. The third kappa shape index (κ3) is 2.48. The van der Waals surface area contributed by atoms with E-state index in [9.17, 15) is 14.0 Å². The second-order valence-electron chi connectivity index (χ2n) is 4.96. The van der Waals surface area contributed by atoms with Crippen LogP contribution in [0.15, 0.2) is 54.7 Å². The molecule has 22 heavy (non-hydrogen) atoms. The van der Waals surface area contributed by atoms with Gasteiger partial charge in [-0.05, 0) is 30.3 Å². The second-order valence-corrected chi connectivity index (χ2v) is 4.96. The van der Waals surface area contributed by atoms with Gasteiger partial charge in [0.1, 0.15) is 5.82 Å². The van der Waals surface area contributed by atoms with E-state index in [0.29, 0.717) is 11.3 Å². The van der Waals surface area contributed by atoms with Crippen LogP contribution in [0.4, 0.5) is 10.1 Å². The number of hydrogen-bond donors (Lipinski definition) is 1. The summed E-state index contributed by atoms with van der Waals surface area (Å²) < 4.78 is 14.6. The topological polar surface area (TPSA) is 51.1 Å². The van der Waals surface area contributed by atoms with Crippen molar-refractivity contribution in [2.24, 2.45) is 7.05 Å². The average molecular weight is 296 g/mol. The SMILES string of the molecule is Cn1cc(C(=O)C(=O)Nc2ccc(F)cc2)c2ccccc21. The molecule has 0 atom stereocenters. The Morgan fingerprint density at radius 3 is 2.45 bits per heavy atom. The van der Waals surface area contributed by atoms with Gasteiger partial charge in [-0.15, -0.1) is 0 Å². The number of amides is 1. The number of nitrogens with zero attached hydrogens (tertiary/aromatic N) is 1. The Labute approximate surface area is 126 Å². The van der Waals surface area contributed by atoms with Crippen LogP contribution in [0, 0.1) is 5.82 Å². The fourth-order valence-electron chi connectivity index (χ4n) is 2.37. The number of nitrogens with one attached hydrogen (secondary N) is 1. The molecular formula is C17H13FN2O2. The summed E-state index contributed by atoms with van der Waals surface area (Å²) in [6, 6.07) is 12.6. The first-order valence-corrected chi connectivity index (χ1v) is 6.71. The van der Waals surface area contributed by atoms with Crippen molar-refractivity contribution in [1.29, 1.82) is 0 Å². The van der Waals surface area contributed by atoms with E-state index in [1.54, 1.807) is 16.8 Å². The van der Waals surface area contributed by atoms with Gasteiger partial charge in [-0.1, -0.05) is 18.2 Å². The number of benzene rings is 2. The summed E-state index contributed by atoms with van der Waals surface area (Å²) in [5.74, 6) is -1.78. The Hall–Kier alpha value is -2.95. The highest BCUT2D eigenvalue weighted by Gasteiger charge is 2.20. The molecule has 2 aromatic carbocycles. The quantitative estimate of drug-likeness (QED) is 0.596. The van der Waals surface area contributed by atoms with Crippen molar-refractivity contribution < 1.29 is 14.0 Å². The van der Waals surface area contributed by atoms with Gasteiger partial charge >= 0.3 is 0 Å². The summed E-state index contributed by atoms with van der Waals surface area (Å²) >= 11 is 0. The minimum absolute atomic E-state index is 0.345. The fourth-order valence-corrected chi connectivity index (χ4v) is 2.37. The minimum Gasteiger partial charge on any atom is -0.350 e. The highest BCUT2D eigenvalue weighted by Crippen LogP contribution is 2.21. The van der Waals surface area contributed by atoms with Crippen LogP contribution in [0.5, 0.6) is 0 Å². The summed E-state index contributed by atoms with van der Waals surface area (Å²) in [6.07, 6.45) is 1.64. The first kappa shape index (κ1) is 14.0. The first-order valence-electron chi connectivity index (χ1n) is 6.71. The van der Waals surface area contributed by atoms with Crippen molar-refractivity contribution in [2.45, 2.75) is 0 Å². The number of halogens is 1. The zero-order chi connectivity index (χ0) is 15.7. The molecule has 110 valence electrons. The highest BCUT2D eigenvalue weighted by molar-refractivity contribution is 6.48. The molecule has 0 aliphatic rings. The Kier molecular flexibility index (Phi) is 3.47. The third-order valence-corrected chi connectivity index (χ3v) is 3.45. The minimum atomic E-state index is -0.747. The van der Waals surface area contributed by atoms with Crippen LogP contribution in [0.1, 0.15) is 10.4 Å². The van der Waals surface area contributed by atoms with Crippen LogP contribution in [0.2, 0.25) is 0 Å². The Bertz CT molecular complexity index is 866. The van der Waals surface area contributed by atoms with E-state index in [-0.39, 0.29) is 0 Å². The number of rotatable bonds is 3. The van der Waals surface area contributed by atoms with Gasteiger partial charge < -0.3 is 9.88 Å². The van der Waals surface area contributed by atoms with Gasteiger partial charge in [0.15, 0.2) is 0 Å². The van der Waals surface area contributed by atoms with Crippen molar-refractivity contribution in [3.05, 3.63) is 66.1 Å². The number of anilines is 1. The molecule has 1 heterocycles. The number of ketones is 1. The normalized spacial score (nSPS) is 10.6. The smallest absolute Gasteiger partial charge is 0.296 e. The largest absolute Gasteiger partial charge is 0.350 e. The molecule has 3 aromatic rings. The number of fused-ring (bicyclic) bond motifs is 1. The van der Waals surface area contributed by atoms with Crippen molar-refractivity contribution in [1.82, 2.24) is 4.57 Å². The number of Topliss-reactive ketones (excluding diaryl/α,β-unsaturated/α-hetero) is 1. The highest BCUT2D eigenvalue weighted by atomic mass is 19.1. The first-order chi connectivity index (χ1) is 10.6. The molecule has 0 unspecified atom stereocenters. The molecule has 0 radical (unpaired) electrons. The molecule has 0 saturated carbocycles. The standard InChI is InChI=1S/C17H13FN2O2/c1-20-10-14(13-4-2-3-5-15(13)20)16(21)17(22)19-12-8-6-11(18)7-9-12/h2-10H,1H3,(H,19,22). The molecule has 1 aromatic heterocycles. The van der Waals surface area contributed by atoms with Gasteiger partial charge in [0.05, 0.1) is 5.56 Å². The molecule has 5 heteroatoms. The molecule has 3 rings (SSSR count). The molecule has 0 fully saturated rings. The van der Waals surface area contributed by atoms with E-state index in [1.165, 1.54) is 24.3 Å². The van der Waals surface area contributed by atoms with Gasteiger partial charge in [0.2, 0.25) is 0 Å². The van der Waals surface area contributed by atoms with Gasteiger partial charge in [-0.2, -0.15) is 0 Å². The monoisotopic (exact) mass is 296 g/mol. The maximum Gasteiger partial charge on any atom is 0.296 e. The van der Waals surface area contributed by atoms with Gasteiger partial charge in [-0.25, -0.2) is 4.39 Å². The van der Waals surface area contributed by atoms with Crippen LogP contribution < -0.4 is 5.32 Å². The van der Waals surface area contributed by atoms with Crippen molar-refractivity contribution >= 4 is 28.3 Å². The average Bonchev–Trinajstić information content (AvgIpc) is 2.86. The van der Waals surface area contributed by atoms with Crippen LogP contribution in [-0.2, 0) is 11.8 Å². The van der Waals surface area contributed by atoms with E-state index >= 15 is 0 Å². The zero-order valence-electron chi connectivity index (χ0n) is 11.8. The molecule has 0 aliphatic heterocycles. The van der Waals surface area contributed by atoms with Gasteiger partial charge in [-0.3, -0.25) is 9.59 Å². The number of aryl methyl sites for hydroxylation is 1. The lowest BCUT2D eigenvalue weighted by Gasteiger charge is -2.03. The molecule has 1 amide bonds. The summed E-state index contributed by atoms with van der Waals surface area (Å²) in [6.45, 7) is 0. The van der Waals surface area contributed by atoms with E-state index in [1.807, 2.05) is 25.2 Å². The van der Waals surface area contributed by atoms with Crippen LogP contribution >= 0.6 is 0 Å². The number of carbonyl (C=O) groups excluding carboxylic acids is 2. The van der Waals surface area contributed by atoms with Crippen molar-refractivity contribution in [3.8, 4) is 0 Å². The Morgan fingerprint density at radius 1 is 1.05 bits per heavy atom. The summed E-state index contributed by atoms with van der Waals surface area (Å²) in [5, 5.41) is 3.20. The fraction of sp³-hybridized carbons (Fsp3) is 0.0588. The van der Waals surface area contributed by atoms with Crippen LogP contribution in [-0.4, -0.2) is 16.3 Å². The number of hydrogen-bond acceptors (Lipinski definition) is 2. The maximum atomic E-state index is 12.8. The molecule has 4 nitrogen and oxygen atoms in total. The predicted molar refractivity (Wildman–Crippen MR) is 82.3 cm³/mol. The lowest BCUT2D eigenvalue weighted by atomic mass is 10.1. The van der Waals surface area contributed by atoms with Crippen molar-refractivity contribution in [3.63, 3.8) is 0 Å². The number of carbonyl (C=O) groups is 2. The number of para-hydroxylation sites is 1. The predicted octanol–water partition coefficient (Wildman–Crippen LogP) is 3.14. The summed E-state index contributed by atoms with van der Waals surface area (Å²) in [4.78, 5) is 24.4. The molecular weight excluding hydrogens is 283 g/mol. The van der Waals surface area contributed by atoms with Gasteiger partial charge in [0.25, 0.3) is 11.7 Å². The lowest BCUT2D eigenvalue weighted by Crippen LogP contribution is -2.22. The van der Waals surface area contributed by atoms with Crippen LogP contribution in [0.3, 0.4) is 0 Å². The molecule has 0 bridgehead atoms. The number of aromatic nitrogens is 1. The third-order valence-electron chi connectivity index (χ3n) is 3.45. The van der Waals surface area contributed by atoms with E-state index in [2.05, 4.69) is 5.32 Å². The molecule has 0 aliphatic carbocycles. The Morgan fingerprint density at radius 2 is 1.73 bits per heavy atom. The van der Waals surface area contributed by atoms with E-state index in [0.717, 1.165) is 10.9 Å². The van der Waals surface area contributed by atoms with E-state index < -0.39 is 17.5 Å². The lowest BCUT2D eigenvalue weighted by molar-refractivity contribution is -0.112. The van der Waals surface area contributed by atoms with Crippen molar-refractivity contribution in [2.75, 3.05) is 5.32 Å². The zero-order valence-corrected chi connectivity index (χ0v) is 11.8.